The molecule has 21 heavy (non-hydrogen) atoms. The molecule has 0 spiro atoms. The van der Waals surface area contributed by atoms with E-state index in [1.54, 1.807) is 0 Å². The van der Waals surface area contributed by atoms with Crippen LogP contribution in [0.2, 0.25) is 0 Å². The Morgan fingerprint density at radius 2 is 2.05 bits per heavy atom. The highest BCUT2D eigenvalue weighted by molar-refractivity contribution is 7.98. The zero-order chi connectivity index (χ0) is 15.3. The summed E-state index contributed by atoms with van der Waals surface area (Å²) < 4.78 is 0. The van der Waals surface area contributed by atoms with E-state index < -0.39 is 0 Å². The van der Waals surface area contributed by atoms with Crippen LogP contribution in [0.1, 0.15) is 39.2 Å². The molecule has 0 saturated carbocycles. The number of nitrogens with one attached hydrogen (secondary N) is 1. The predicted molar refractivity (Wildman–Crippen MR) is 95.0 cm³/mol. The Morgan fingerprint density at radius 1 is 1.33 bits per heavy atom. The molecule has 3 unspecified atom stereocenters. The molecule has 1 aromatic carbocycles. The number of hydrogen-bond donors (Lipinski definition) is 1. The lowest BCUT2D eigenvalue weighted by atomic mass is 9.87. The number of piperazine rings is 1. The van der Waals surface area contributed by atoms with Crippen molar-refractivity contribution in [3.05, 3.63) is 35.9 Å². The highest BCUT2D eigenvalue weighted by atomic mass is 32.2. The van der Waals surface area contributed by atoms with Gasteiger partial charge in [-0.3, -0.25) is 4.90 Å². The molecule has 1 aliphatic heterocycles. The largest absolute Gasteiger partial charge is 0.305 e. The average Bonchev–Trinajstić information content (AvgIpc) is 2.53. The van der Waals surface area contributed by atoms with E-state index >= 15 is 0 Å². The van der Waals surface area contributed by atoms with Crippen molar-refractivity contribution in [3.63, 3.8) is 0 Å². The fraction of sp³-hybridized carbons (Fsp3) is 0.667. The minimum atomic E-state index is 0.0682. The van der Waals surface area contributed by atoms with E-state index in [-0.39, 0.29) is 5.54 Å². The lowest BCUT2D eigenvalue weighted by Crippen LogP contribution is -2.63. The molecule has 1 saturated heterocycles. The van der Waals surface area contributed by atoms with Gasteiger partial charge in [0, 0.05) is 30.9 Å². The van der Waals surface area contributed by atoms with E-state index in [9.17, 15) is 0 Å². The number of benzene rings is 1. The van der Waals surface area contributed by atoms with Crippen molar-refractivity contribution in [1.82, 2.24) is 10.2 Å². The van der Waals surface area contributed by atoms with E-state index in [2.05, 4.69) is 67.6 Å². The van der Waals surface area contributed by atoms with Gasteiger partial charge in [0.1, 0.15) is 0 Å². The smallest absolute Gasteiger partial charge is 0.0535 e. The zero-order valence-electron chi connectivity index (χ0n) is 13.9. The summed E-state index contributed by atoms with van der Waals surface area (Å²) in [6.45, 7) is 9.19. The molecule has 3 atom stereocenters. The summed E-state index contributed by atoms with van der Waals surface area (Å²) in [5, 5.41) is 3.82. The molecule has 2 rings (SSSR count). The molecule has 118 valence electrons. The van der Waals surface area contributed by atoms with Crippen LogP contribution in [0.15, 0.2) is 30.3 Å². The Balaban J connectivity index is 2.21. The second kappa shape index (κ2) is 7.66. The third kappa shape index (κ3) is 3.82. The van der Waals surface area contributed by atoms with Crippen molar-refractivity contribution in [2.45, 2.75) is 51.2 Å². The molecule has 1 heterocycles. The summed E-state index contributed by atoms with van der Waals surface area (Å²) in [7, 11) is 0. The van der Waals surface area contributed by atoms with Gasteiger partial charge in [-0.05, 0) is 31.6 Å². The molecule has 1 fully saturated rings. The molecular formula is C18H30N2S. The van der Waals surface area contributed by atoms with Crippen molar-refractivity contribution in [1.29, 1.82) is 0 Å². The normalized spacial score (nSPS) is 28.5. The first-order valence-electron chi connectivity index (χ1n) is 8.19. The molecular weight excluding hydrogens is 276 g/mol. The molecule has 0 radical (unpaired) electrons. The topological polar surface area (TPSA) is 15.3 Å². The van der Waals surface area contributed by atoms with Crippen LogP contribution >= 0.6 is 11.8 Å². The first-order valence-corrected chi connectivity index (χ1v) is 9.59. The summed E-state index contributed by atoms with van der Waals surface area (Å²) >= 11 is 1.97. The van der Waals surface area contributed by atoms with Crippen LogP contribution in [-0.2, 0) is 5.54 Å². The van der Waals surface area contributed by atoms with Gasteiger partial charge in [-0.1, -0.05) is 44.2 Å². The van der Waals surface area contributed by atoms with Crippen molar-refractivity contribution in [3.8, 4) is 0 Å². The SMILES string of the molecule is CCC1CNC(C)(c2ccccc2)CN1C(CC)CSC. The van der Waals surface area contributed by atoms with Gasteiger partial charge in [-0.25, -0.2) is 0 Å². The average molecular weight is 307 g/mol. The third-order valence-electron chi connectivity index (χ3n) is 4.88. The van der Waals surface area contributed by atoms with Gasteiger partial charge in [0.15, 0.2) is 0 Å². The van der Waals surface area contributed by atoms with Crippen molar-refractivity contribution in [2.24, 2.45) is 0 Å². The highest BCUT2D eigenvalue weighted by Crippen LogP contribution is 2.29. The Morgan fingerprint density at radius 3 is 2.62 bits per heavy atom. The maximum atomic E-state index is 3.82. The standard InChI is InChI=1S/C18H30N2S/c1-5-16-12-19-18(3,15-10-8-7-9-11-15)14-20(16)17(6-2)13-21-4/h7-11,16-17,19H,5-6,12-14H2,1-4H3. The number of thioether (sulfide) groups is 1. The number of nitrogens with zero attached hydrogens (tertiary/aromatic N) is 1. The fourth-order valence-corrected chi connectivity index (χ4v) is 4.27. The Bertz CT molecular complexity index is 422. The van der Waals surface area contributed by atoms with Crippen molar-refractivity contribution >= 4 is 11.8 Å². The Labute approximate surface area is 134 Å². The van der Waals surface area contributed by atoms with Crippen LogP contribution < -0.4 is 5.32 Å². The molecule has 1 aliphatic rings. The minimum Gasteiger partial charge on any atom is -0.305 e. The molecule has 1 N–H and O–H groups in total. The van der Waals surface area contributed by atoms with Gasteiger partial charge in [0.05, 0.1) is 5.54 Å². The van der Waals surface area contributed by atoms with E-state index in [4.69, 9.17) is 0 Å². The van der Waals surface area contributed by atoms with E-state index in [1.165, 1.54) is 24.2 Å². The summed E-state index contributed by atoms with van der Waals surface area (Å²) in [5.41, 5.74) is 1.47. The van der Waals surface area contributed by atoms with Crippen LogP contribution in [0.4, 0.5) is 0 Å². The van der Waals surface area contributed by atoms with Crippen LogP contribution in [0, 0.1) is 0 Å². The van der Waals surface area contributed by atoms with Gasteiger partial charge >= 0.3 is 0 Å². The summed E-state index contributed by atoms with van der Waals surface area (Å²) in [5.74, 6) is 1.23. The molecule has 3 heteroatoms. The fourth-order valence-electron chi connectivity index (χ4n) is 3.46. The van der Waals surface area contributed by atoms with Crippen molar-refractivity contribution < 1.29 is 0 Å². The molecule has 1 aromatic rings. The van der Waals surface area contributed by atoms with E-state index in [0.29, 0.717) is 12.1 Å². The quantitative estimate of drug-likeness (QED) is 0.862. The third-order valence-corrected chi connectivity index (χ3v) is 5.60. The van der Waals surface area contributed by atoms with Crippen LogP contribution in [0.3, 0.4) is 0 Å². The second-order valence-corrected chi connectivity index (χ2v) is 7.24. The maximum Gasteiger partial charge on any atom is 0.0535 e. The van der Waals surface area contributed by atoms with Crippen molar-refractivity contribution in [2.75, 3.05) is 25.1 Å². The van der Waals surface area contributed by atoms with Crippen LogP contribution in [-0.4, -0.2) is 42.1 Å². The molecule has 0 aliphatic carbocycles. The first-order chi connectivity index (χ1) is 10.1. The summed E-state index contributed by atoms with van der Waals surface area (Å²) in [6.07, 6.45) is 4.69. The van der Waals surface area contributed by atoms with Gasteiger partial charge in [-0.2, -0.15) is 11.8 Å². The predicted octanol–water partition coefficient (Wildman–Crippen LogP) is 3.73. The molecule has 2 nitrogen and oxygen atoms in total. The van der Waals surface area contributed by atoms with E-state index in [1.807, 2.05) is 11.8 Å². The number of rotatable bonds is 6. The van der Waals surface area contributed by atoms with Gasteiger partial charge in [0.25, 0.3) is 0 Å². The Kier molecular flexibility index (Phi) is 6.15. The molecule has 0 aromatic heterocycles. The van der Waals surface area contributed by atoms with Gasteiger partial charge in [0.2, 0.25) is 0 Å². The highest BCUT2D eigenvalue weighted by Gasteiger charge is 2.38. The van der Waals surface area contributed by atoms with Gasteiger partial charge in [-0.15, -0.1) is 0 Å². The number of hydrogen-bond acceptors (Lipinski definition) is 3. The summed E-state index contributed by atoms with van der Waals surface area (Å²) in [6, 6.07) is 12.3. The first kappa shape index (κ1) is 16.9. The monoisotopic (exact) mass is 306 g/mol. The second-order valence-electron chi connectivity index (χ2n) is 6.33. The van der Waals surface area contributed by atoms with Crippen LogP contribution in [0.5, 0.6) is 0 Å². The lowest BCUT2D eigenvalue weighted by Gasteiger charge is -2.49. The van der Waals surface area contributed by atoms with Crippen LogP contribution in [0.25, 0.3) is 0 Å². The molecule has 0 bridgehead atoms. The lowest BCUT2D eigenvalue weighted by molar-refractivity contribution is 0.0505. The Hall–Kier alpha value is -0.510. The van der Waals surface area contributed by atoms with E-state index in [0.717, 1.165) is 13.1 Å². The van der Waals surface area contributed by atoms with Gasteiger partial charge < -0.3 is 5.32 Å². The minimum absolute atomic E-state index is 0.0682. The molecule has 0 amide bonds. The zero-order valence-corrected chi connectivity index (χ0v) is 14.7. The maximum absolute atomic E-state index is 3.82. The summed E-state index contributed by atoms with van der Waals surface area (Å²) in [4.78, 5) is 2.76.